The number of hydrogen-bond donors (Lipinski definition) is 1. The molecular weight excluding hydrogens is 216 g/mol. The van der Waals surface area contributed by atoms with Gasteiger partial charge < -0.3 is 19.7 Å². The minimum Gasteiger partial charge on any atom is -0.497 e. The van der Waals surface area contributed by atoms with Gasteiger partial charge in [-0.2, -0.15) is 0 Å². The first-order valence-corrected chi connectivity index (χ1v) is 5.92. The molecule has 1 unspecified atom stereocenters. The molecule has 1 aromatic carbocycles. The van der Waals surface area contributed by atoms with E-state index in [-0.39, 0.29) is 0 Å². The molecule has 0 amide bonds. The molecule has 17 heavy (non-hydrogen) atoms. The van der Waals surface area contributed by atoms with Crippen LogP contribution < -0.4 is 19.7 Å². The van der Waals surface area contributed by atoms with Crippen LogP contribution in [0.3, 0.4) is 0 Å². The van der Waals surface area contributed by atoms with Crippen LogP contribution in [0.1, 0.15) is 6.42 Å². The van der Waals surface area contributed by atoms with Crippen LogP contribution in [0, 0.1) is 0 Å². The number of likely N-dealkylation sites (N-methyl/N-ethyl adjacent to an activating group) is 1. The van der Waals surface area contributed by atoms with E-state index in [0.29, 0.717) is 6.04 Å². The molecule has 2 rings (SSSR count). The lowest BCUT2D eigenvalue weighted by Gasteiger charge is -2.21. The van der Waals surface area contributed by atoms with Gasteiger partial charge in [0.15, 0.2) is 0 Å². The Morgan fingerprint density at radius 3 is 2.71 bits per heavy atom. The van der Waals surface area contributed by atoms with Gasteiger partial charge in [-0.15, -0.1) is 0 Å². The van der Waals surface area contributed by atoms with Crippen LogP contribution in [-0.2, 0) is 0 Å². The van der Waals surface area contributed by atoms with E-state index in [1.54, 1.807) is 14.2 Å². The highest BCUT2D eigenvalue weighted by Gasteiger charge is 2.23. The zero-order valence-electron chi connectivity index (χ0n) is 10.7. The molecule has 0 aliphatic carbocycles. The SMILES string of the molecule is CNC1CCN(c2cc(OC)ccc2OC)C1. The van der Waals surface area contributed by atoms with Crippen molar-refractivity contribution in [1.82, 2.24) is 5.32 Å². The van der Waals surface area contributed by atoms with Gasteiger partial charge in [-0.3, -0.25) is 0 Å². The fraction of sp³-hybridized carbons (Fsp3) is 0.538. The quantitative estimate of drug-likeness (QED) is 0.859. The summed E-state index contributed by atoms with van der Waals surface area (Å²) in [5, 5.41) is 3.32. The van der Waals surface area contributed by atoms with E-state index < -0.39 is 0 Å². The Morgan fingerprint density at radius 1 is 1.29 bits per heavy atom. The molecule has 4 nitrogen and oxygen atoms in total. The highest BCUT2D eigenvalue weighted by molar-refractivity contribution is 5.62. The van der Waals surface area contributed by atoms with Gasteiger partial charge in [-0.25, -0.2) is 0 Å². The Balaban J connectivity index is 2.24. The maximum absolute atomic E-state index is 5.41. The minimum atomic E-state index is 0.561. The summed E-state index contributed by atoms with van der Waals surface area (Å²) < 4.78 is 10.7. The molecule has 1 heterocycles. The second-order valence-corrected chi connectivity index (χ2v) is 4.26. The van der Waals surface area contributed by atoms with E-state index in [0.717, 1.165) is 36.7 Å². The third-order valence-corrected chi connectivity index (χ3v) is 3.32. The Labute approximate surface area is 103 Å². The van der Waals surface area contributed by atoms with Gasteiger partial charge in [0, 0.05) is 25.2 Å². The third kappa shape index (κ3) is 2.47. The molecule has 94 valence electrons. The molecule has 4 heteroatoms. The van der Waals surface area contributed by atoms with Gasteiger partial charge >= 0.3 is 0 Å². The van der Waals surface area contributed by atoms with E-state index in [9.17, 15) is 0 Å². The van der Waals surface area contributed by atoms with Crippen LogP contribution in [0.2, 0.25) is 0 Å². The summed E-state index contributed by atoms with van der Waals surface area (Å²) in [5.74, 6) is 1.77. The van der Waals surface area contributed by atoms with Crippen molar-refractivity contribution in [2.45, 2.75) is 12.5 Å². The summed E-state index contributed by atoms with van der Waals surface area (Å²) in [5.41, 5.74) is 1.12. The van der Waals surface area contributed by atoms with Gasteiger partial charge in [0.1, 0.15) is 11.5 Å². The molecule has 0 aromatic heterocycles. The predicted octanol–water partition coefficient (Wildman–Crippen LogP) is 1.50. The summed E-state index contributed by atoms with van der Waals surface area (Å²) in [6, 6.07) is 6.48. The van der Waals surface area contributed by atoms with E-state index in [2.05, 4.69) is 10.2 Å². The number of anilines is 1. The molecule has 0 saturated carbocycles. The van der Waals surface area contributed by atoms with Crippen molar-refractivity contribution < 1.29 is 9.47 Å². The second-order valence-electron chi connectivity index (χ2n) is 4.26. The van der Waals surface area contributed by atoms with Crippen molar-refractivity contribution in [1.29, 1.82) is 0 Å². The summed E-state index contributed by atoms with van der Waals surface area (Å²) >= 11 is 0. The number of methoxy groups -OCH3 is 2. The summed E-state index contributed by atoms with van der Waals surface area (Å²) in [6.07, 6.45) is 1.16. The predicted molar refractivity (Wildman–Crippen MR) is 69.2 cm³/mol. The minimum absolute atomic E-state index is 0.561. The van der Waals surface area contributed by atoms with Gasteiger partial charge in [0.2, 0.25) is 0 Å². The highest BCUT2D eigenvalue weighted by Crippen LogP contribution is 2.34. The Morgan fingerprint density at radius 2 is 2.12 bits per heavy atom. The van der Waals surface area contributed by atoms with Crippen molar-refractivity contribution in [2.75, 3.05) is 39.3 Å². The van der Waals surface area contributed by atoms with Gasteiger partial charge in [-0.05, 0) is 25.6 Å². The Kier molecular flexibility index (Phi) is 3.74. The molecule has 1 fully saturated rings. The zero-order valence-corrected chi connectivity index (χ0v) is 10.7. The second kappa shape index (κ2) is 5.27. The zero-order chi connectivity index (χ0) is 12.3. The van der Waals surface area contributed by atoms with Crippen LogP contribution in [0.5, 0.6) is 11.5 Å². The summed E-state index contributed by atoms with van der Waals surface area (Å²) in [6.45, 7) is 2.06. The van der Waals surface area contributed by atoms with Crippen molar-refractivity contribution in [2.24, 2.45) is 0 Å². The number of nitrogens with zero attached hydrogens (tertiary/aromatic N) is 1. The van der Waals surface area contributed by atoms with E-state index in [1.807, 2.05) is 25.2 Å². The van der Waals surface area contributed by atoms with E-state index in [4.69, 9.17) is 9.47 Å². The fourth-order valence-corrected chi connectivity index (χ4v) is 2.26. The number of rotatable bonds is 4. The van der Waals surface area contributed by atoms with Crippen molar-refractivity contribution in [3.05, 3.63) is 18.2 Å². The van der Waals surface area contributed by atoms with E-state index in [1.165, 1.54) is 0 Å². The lowest BCUT2D eigenvalue weighted by molar-refractivity contribution is 0.403. The first-order chi connectivity index (χ1) is 8.28. The van der Waals surface area contributed by atoms with Crippen LogP contribution in [0.4, 0.5) is 5.69 Å². The first-order valence-electron chi connectivity index (χ1n) is 5.92. The summed E-state index contributed by atoms with van der Waals surface area (Å²) in [4.78, 5) is 2.34. The van der Waals surface area contributed by atoms with Crippen LogP contribution in [0.15, 0.2) is 18.2 Å². The van der Waals surface area contributed by atoms with Crippen LogP contribution in [-0.4, -0.2) is 40.4 Å². The monoisotopic (exact) mass is 236 g/mol. The molecule has 1 N–H and O–H groups in total. The lowest BCUT2D eigenvalue weighted by atomic mass is 10.2. The fourth-order valence-electron chi connectivity index (χ4n) is 2.26. The largest absolute Gasteiger partial charge is 0.497 e. The van der Waals surface area contributed by atoms with E-state index >= 15 is 0 Å². The maximum Gasteiger partial charge on any atom is 0.142 e. The highest BCUT2D eigenvalue weighted by atomic mass is 16.5. The van der Waals surface area contributed by atoms with Gasteiger partial charge in [0.05, 0.1) is 19.9 Å². The van der Waals surface area contributed by atoms with Crippen LogP contribution in [0.25, 0.3) is 0 Å². The van der Waals surface area contributed by atoms with Crippen LogP contribution >= 0.6 is 0 Å². The van der Waals surface area contributed by atoms with Crippen molar-refractivity contribution in [3.63, 3.8) is 0 Å². The Hall–Kier alpha value is -1.42. The maximum atomic E-state index is 5.41. The summed E-state index contributed by atoms with van der Waals surface area (Å²) in [7, 11) is 5.40. The molecular formula is C13H20N2O2. The number of ether oxygens (including phenoxy) is 2. The molecule has 1 aromatic rings. The smallest absolute Gasteiger partial charge is 0.142 e. The molecule has 1 atom stereocenters. The topological polar surface area (TPSA) is 33.7 Å². The Bertz CT molecular complexity index is 382. The molecule has 0 spiro atoms. The molecule has 0 bridgehead atoms. The number of hydrogen-bond acceptors (Lipinski definition) is 4. The lowest BCUT2D eigenvalue weighted by Crippen LogP contribution is -2.29. The average Bonchev–Trinajstić information content (AvgIpc) is 2.86. The standard InChI is InChI=1S/C13H20N2O2/c1-14-10-6-7-15(9-10)12-8-11(16-2)4-5-13(12)17-3/h4-5,8,10,14H,6-7,9H2,1-3H3. The number of nitrogens with one attached hydrogen (secondary N) is 1. The van der Waals surface area contributed by atoms with Crippen molar-refractivity contribution >= 4 is 5.69 Å². The normalized spacial score (nSPS) is 19.5. The van der Waals surface area contributed by atoms with Crippen molar-refractivity contribution in [3.8, 4) is 11.5 Å². The molecule has 1 aliphatic rings. The number of benzene rings is 1. The van der Waals surface area contributed by atoms with Gasteiger partial charge in [0.25, 0.3) is 0 Å². The first kappa shape index (κ1) is 12.0. The third-order valence-electron chi connectivity index (χ3n) is 3.32. The van der Waals surface area contributed by atoms with Gasteiger partial charge in [-0.1, -0.05) is 0 Å². The molecule has 0 radical (unpaired) electrons. The average molecular weight is 236 g/mol. The molecule has 1 aliphatic heterocycles. The molecule has 1 saturated heterocycles.